The zero-order valence-electron chi connectivity index (χ0n) is 20.0. The van der Waals surface area contributed by atoms with Gasteiger partial charge in [0, 0.05) is 24.2 Å². The van der Waals surface area contributed by atoms with Crippen molar-refractivity contribution in [2.75, 3.05) is 53.4 Å². The molecule has 0 fully saturated rings. The van der Waals surface area contributed by atoms with Crippen LogP contribution in [-0.2, 0) is 4.79 Å². The number of hydrogen-bond acceptors (Lipinski definition) is 7. The Morgan fingerprint density at radius 2 is 1.74 bits per heavy atom. The fraction of sp³-hybridized carbons (Fsp3) is 0.333. The number of likely N-dealkylation sites (N-methyl/N-ethyl adjacent to an activating group) is 1. The van der Waals surface area contributed by atoms with E-state index in [1.54, 1.807) is 44.4 Å². The van der Waals surface area contributed by atoms with Crippen LogP contribution in [0.1, 0.15) is 11.1 Å². The van der Waals surface area contributed by atoms with Gasteiger partial charge in [0.25, 0.3) is 5.91 Å². The summed E-state index contributed by atoms with van der Waals surface area (Å²) in [4.78, 5) is 21.7. The molecule has 3 aromatic rings. The Labute approximate surface area is 215 Å². The van der Waals surface area contributed by atoms with Gasteiger partial charge >= 0.3 is 0 Å². The highest BCUT2D eigenvalue weighted by molar-refractivity contribution is 7.22. The predicted molar refractivity (Wildman–Crippen MR) is 143 cm³/mol. The monoisotopic (exact) mass is 525 g/mol. The summed E-state index contributed by atoms with van der Waals surface area (Å²) in [7, 11) is 8.60. The lowest BCUT2D eigenvalue weighted by atomic mass is 10.1. The summed E-state index contributed by atoms with van der Waals surface area (Å²) in [6, 6.07) is 7.38. The van der Waals surface area contributed by atoms with Crippen LogP contribution < -0.4 is 19.1 Å². The van der Waals surface area contributed by atoms with Gasteiger partial charge < -0.3 is 19.1 Å². The number of nitrogens with zero attached hydrogens (tertiary/aromatic N) is 3. The maximum absolute atomic E-state index is 13.3. The number of rotatable bonds is 9. The van der Waals surface area contributed by atoms with Gasteiger partial charge in [-0.3, -0.25) is 9.69 Å². The van der Waals surface area contributed by atoms with Crippen LogP contribution in [0.15, 0.2) is 30.3 Å². The molecule has 3 rings (SSSR count). The molecule has 7 nitrogen and oxygen atoms in total. The Kier molecular flexibility index (Phi) is 10.00. The van der Waals surface area contributed by atoms with Crippen LogP contribution in [0.3, 0.4) is 0 Å². The van der Waals surface area contributed by atoms with Crippen molar-refractivity contribution in [1.82, 2.24) is 9.88 Å². The largest absolute Gasteiger partial charge is 0.493 e. The second-order valence-corrected chi connectivity index (χ2v) is 9.02. The maximum Gasteiger partial charge on any atom is 0.252 e. The molecule has 0 atom stereocenters. The molecule has 0 N–H and O–H groups in total. The minimum atomic E-state index is -0.173. The van der Waals surface area contributed by atoms with Gasteiger partial charge in [-0.25, -0.2) is 4.98 Å². The minimum absolute atomic E-state index is 0. The van der Waals surface area contributed by atoms with Crippen LogP contribution in [0, 0.1) is 6.92 Å². The summed E-state index contributed by atoms with van der Waals surface area (Å²) >= 11 is 7.74. The molecular weight excluding hydrogens is 497 g/mol. The highest BCUT2D eigenvalue weighted by atomic mass is 35.5. The van der Waals surface area contributed by atoms with E-state index in [2.05, 4.69) is 0 Å². The van der Waals surface area contributed by atoms with Crippen molar-refractivity contribution < 1.29 is 19.0 Å². The summed E-state index contributed by atoms with van der Waals surface area (Å²) in [5.41, 5.74) is 2.47. The maximum atomic E-state index is 13.3. The molecule has 0 saturated carbocycles. The fourth-order valence-electron chi connectivity index (χ4n) is 3.26. The third-order valence-corrected chi connectivity index (χ3v) is 6.56. The number of benzene rings is 2. The Morgan fingerprint density at radius 1 is 1.09 bits per heavy atom. The van der Waals surface area contributed by atoms with Crippen LogP contribution in [0.4, 0.5) is 5.13 Å². The van der Waals surface area contributed by atoms with Gasteiger partial charge in [0.15, 0.2) is 16.6 Å². The molecule has 0 radical (unpaired) electrons. The molecule has 1 aromatic heterocycles. The van der Waals surface area contributed by atoms with Crippen molar-refractivity contribution in [2.24, 2.45) is 0 Å². The number of amides is 1. The molecule has 0 bridgehead atoms. The standard InChI is InChI=1S/C24H28ClN3O4S.ClH/c1-15-17(25)8-9-20-22(15)26-24(33-20)28(12-11-27(2)3)21(29)10-7-16-13-18(30-4)23(32-6)19(14-16)31-5;/h7-10,13-14H,11-12H2,1-6H3;1H. The topological polar surface area (TPSA) is 64.1 Å². The minimum Gasteiger partial charge on any atom is -0.493 e. The predicted octanol–water partition coefficient (Wildman–Crippen LogP) is 5.31. The lowest BCUT2D eigenvalue weighted by molar-refractivity contribution is -0.114. The van der Waals surface area contributed by atoms with E-state index in [4.69, 9.17) is 30.8 Å². The zero-order chi connectivity index (χ0) is 24.1. The molecular formula is C24H29Cl2N3O4S. The van der Waals surface area contributed by atoms with Gasteiger partial charge in [0.2, 0.25) is 5.75 Å². The molecule has 1 amide bonds. The molecule has 2 aromatic carbocycles. The fourth-order valence-corrected chi connectivity index (χ4v) is 4.47. The number of hydrogen-bond donors (Lipinski definition) is 0. The molecule has 0 aliphatic rings. The molecule has 1 heterocycles. The smallest absolute Gasteiger partial charge is 0.252 e. The van der Waals surface area contributed by atoms with E-state index in [0.29, 0.717) is 40.5 Å². The molecule has 0 aliphatic carbocycles. The highest BCUT2D eigenvalue weighted by Crippen LogP contribution is 2.38. The lowest BCUT2D eigenvalue weighted by Gasteiger charge is -2.20. The molecule has 0 unspecified atom stereocenters. The number of fused-ring (bicyclic) bond motifs is 1. The van der Waals surface area contributed by atoms with E-state index in [9.17, 15) is 4.79 Å². The number of thiazole rings is 1. The van der Waals surface area contributed by atoms with Gasteiger partial charge in [0.1, 0.15) is 0 Å². The third kappa shape index (κ3) is 6.13. The zero-order valence-corrected chi connectivity index (χ0v) is 22.4. The summed E-state index contributed by atoms with van der Waals surface area (Å²) in [5.74, 6) is 1.37. The first-order chi connectivity index (χ1) is 15.8. The average Bonchev–Trinajstić information content (AvgIpc) is 3.23. The second kappa shape index (κ2) is 12.3. The van der Waals surface area contributed by atoms with Crippen LogP contribution in [0.2, 0.25) is 5.02 Å². The third-order valence-electron chi connectivity index (χ3n) is 5.11. The van der Waals surface area contributed by atoms with E-state index in [1.807, 2.05) is 38.1 Å². The number of methoxy groups -OCH3 is 3. The van der Waals surface area contributed by atoms with Gasteiger partial charge in [-0.1, -0.05) is 22.9 Å². The van der Waals surface area contributed by atoms with Crippen molar-refractivity contribution in [2.45, 2.75) is 6.92 Å². The van der Waals surface area contributed by atoms with E-state index in [0.717, 1.165) is 21.3 Å². The first kappa shape index (κ1) is 27.7. The van der Waals surface area contributed by atoms with E-state index in [-0.39, 0.29) is 18.3 Å². The Bertz CT molecular complexity index is 1160. The SMILES string of the molecule is COc1cc(C=CC(=O)N(CCN(C)C)c2nc3c(C)c(Cl)ccc3s2)cc(OC)c1OC.Cl. The second-order valence-electron chi connectivity index (χ2n) is 7.60. The van der Waals surface area contributed by atoms with Gasteiger partial charge in [0.05, 0.1) is 31.5 Å². The number of aryl methyl sites for hydroxylation is 1. The number of halogens is 2. The van der Waals surface area contributed by atoms with Crippen molar-refractivity contribution in [3.63, 3.8) is 0 Å². The van der Waals surface area contributed by atoms with Crippen LogP contribution in [-0.4, -0.2) is 64.3 Å². The van der Waals surface area contributed by atoms with E-state index >= 15 is 0 Å². The average molecular weight is 526 g/mol. The van der Waals surface area contributed by atoms with Crippen molar-refractivity contribution in [1.29, 1.82) is 0 Å². The molecule has 0 spiro atoms. The van der Waals surface area contributed by atoms with E-state index < -0.39 is 0 Å². The number of carbonyl (C=O) groups is 1. The van der Waals surface area contributed by atoms with Gasteiger partial charge in [-0.2, -0.15) is 0 Å². The first-order valence-corrected chi connectivity index (χ1v) is 11.5. The number of carbonyl (C=O) groups excluding carboxylic acids is 1. The molecule has 34 heavy (non-hydrogen) atoms. The van der Waals surface area contributed by atoms with Gasteiger partial charge in [-0.15, -0.1) is 12.4 Å². The Hall–Kier alpha value is -2.52. The van der Waals surface area contributed by atoms with Crippen molar-refractivity contribution >= 4 is 62.7 Å². The number of anilines is 1. The van der Waals surface area contributed by atoms with Crippen molar-refractivity contribution in [3.05, 3.63) is 46.5 Å². The quantitative estimate of drug-likeness (QED) is 0.352. The van der Waals surface area contributed by atoms with Crippen LogP contribution >= 0.6 is 35.3 Å². The molecule has 184 valence electrons. The first-order valence-electron chi connectivity index (χ1n) is 10.3. The van der Waals surface area contributed by atoms with Crippen molar-refractivity contribution in [3.8, 4) is 17.2 Å². The molecule has 0 saturated heterocycles. The van der Waals surface area contributed by atoms with Crippen LogP contribution in [0.5, 0.6) is 17.2 Å². The summed E-state index contributed by atoms with van der Waals surface area (Å²) in [5, 5.41) is 1.30. The lowest BCUT2D eigenvalue weighted by Crippen LogP contribution is -2.35. The highest BCUT2D eigenvalue weighted by Gasteiger charge is 2.20. The summed E-state index contributed by atoms with van der Waals surface area (Å²) in [6.07, 6.45) is 3.26. The summed E-state index contributed by atoms with van der Waals surface area (Å²) in [6.45, 7) is 3.13. The number of ether oxygens (including phenoxy) is 3. The molecule has 0 aliphatic heterocycles. The summed E-state index contributed by atoms with van der Waals surface area (Å²) < 4.78 is 17.2. The number of aromatic nitrogens is 1. The Morgan fingerprint density at radius 3 is 2.29 bits per heavy atom. The normalized spacial score (nSPS) is 11.1. The van der Waals surface area contributed by atoms with Gasteiger partial charge in [-0.05, 0) is 62.5 Å². The Balaban J connectivity index is 0.00000408. The van der Waals surface area contributed by atoms with Crippen LogP contribution in [0.25, 0.3) is 16.3 Å². The van der Waals surface area contributed by atoms with E-state index in [1.165, 1.54) is 17.4 Å². The molecule has 10 heteroatoms.